The van der Waals surface area contributed by atoms with E-state index in [1.807, 2.05) is 42.5 Å². The van der Waals surface area contributed by atoms with Crippen LogP contribution in [0.25, 0.3) is 11.3 Å². The zero-order chi connectivity index (χ0) is 17.4. The lowest BCUT2D eigenvalue weighted by Gasteiger charge is -2.13. The summed E-state index contributed by atoms with van der Waals surface area (Å²) in [5.74, 6) is 0.336. The molecule has 2 rings (SSSR count). The summed E-state index contributed by atoms with van der Waals surface area (Å²) in [6.45, 7) is 0.240. The van der Waals surface area contributed by atoms with E-state index in [1.165, 1.54) is 7.05 Å². The Morgan fingerprint density at radius 1 is 1.12 bits per heavy atom. The van der Waals surface area contributed by atoms with E-state index in [2.05, 4.69) is 20.6 Å². The van der Waals surface area contributed by atoms with Crippen LogP contribution in [-0.2, 0) is 6.54 Å². The monoisotopic (exact) mass is 464 g/mol. The van der Waals surface area contributed by atoms with Crippen molar-refractivity contribution < 1.29 is 13.2 Å². The zero-order valence-corrected chi connectivity index (χ0v) is 16.0. The van der Waals surface area contributed by atoms with Gasteiger partial charge in [-0.1, -0.05) is 24.3 Å². The first-order valence-corrected chi connectivity index (χ1v) is 7.49. The smallest absolute Gasteiger partial charge is 0.356 e. The first kappa shape index (κ1) is 21.2. The number of nitrogens with zero attached hydrogens (tertiary/aromatic N) is 2. The summed E-state index contributed by atoms with van der Waals surface area (Å²) in [5, 5.41) is 5.65. The molecule has 0 radical (unpaired) electrons. The third-order valence-corrected chi connectivity index (χ3v) is 3.27. The number of halogens is 4. The van der Waals surface area contributed by atoms with Gasteiger partial charge in [-0.3, -0.25) is 9.98 Å². The van der Waals surface area contributed by atoms with Crippen LogP contribution in [0.1, 0.15) is 12.0 Å². The Morgan fingerprint density at radius 3 is 2.56 bits per heavy atom. The van der Waals surface area contributed by atoms with E-state index in [1.54, 1.807) is 6.20 Å². The molecule has 0 atom stereocenters. The highest BCUT2D eigenvalue weighted by Gasteiger charge is 2.26. The Morgan fingerprint density at radius 2 is 1.92 bits per heavy atom. The van der Waals surface area contributed by atoms with Crippen molar-refractivity contribution in [2.45, 2.75) is 19.1 Å². The second-order valence-corrected chi connectivity index (χ2v) is 5.13. The number of alkyl halides is 3. The van der Waals surface area contributed by atoms with E-state index in [4.69, 9.17) is 0 Å². The van der Waals surface area contributed by atoms with E-state index < -0.39 is 12.6 Å². The molecule has 0 saturated heterocycles. The van der Waals surface area contributed by atoms with Gasteiger partial charge in [0, 0.05) is 31.9 Å². The van der Waals surface area contributed by atoms with Crippen molar-refractivity contribution in [2.24, 2.45) is 4.99 Å². The van der Waals surface area contributed by atoms with Crippen molar-refractivity contribution in [3.05, 3.63) is 54.2 Å². The average Bonchev–Trinajstić information content (AvgIpc) is 2.58. The highest BCUT2D eigenvalue weighted by Crippen LogP contribution is 2.18. The molecular formula is C17H20F3IN4. The van der Waals surface area contributed by atoms with Crippen LogP contribution in [0.3, 0.4) is 0 Å². The second kappa shape index (κ2) is 10.2. The molecule has 2 N–H and O–H groups in total. The van der Waals surface area contributed by atoms with Crippen LogP contribution in [-0.4, -0.2) is 30.7 Å². The summed E-state index contributed by atoms with van der Waals surface area (Å²) < 4.78 is 36.5. The van der Waals surface area contributed by atoms with Gasteiger partial charge in [0.25, 0.3) is 0 Å². The molecule has 25 heavy (non-hydrogen) atoms. The molecule has 2 aromatic rings. The van der Waals surface area contributed by atoms with Gasteiger partial charge in [-0.05, 0) is 23.8 Å². The standard InChI is InChI=1S/C17H19F3N4.HI/c1-21-16(23-10-8-17(18,19)20)24-12-13-5-4-6-14(11-13)15-7-2-3-9-22-15;/h2-7,9,11H,8,10,12H2,1H3,(H2,21,23,24);1H. The Hall–Kier alpha value is -1.84. The fraction of sp³-hybridized carbons (Fsp3) is 0.294. The van der Waals surface area contributed by atoms with Gasteiger partial charge in [-0.15, -0.1) is 24.0 Å². The minimum Gasteiger partial charge on any atom is -0.356 e. The summed E-state index contributed by atoms with van der Waals surface area (Å²) in [4.78, 5) is 8.22. The molecule has 0 fully saturated rings. The van der Waals surface area contributed by atoms with Gasteiger partial charge in [-0.2, -0.15) is 13.2 Å². The maximum atomic E-state index is 12.2. The number of aromatic nitrogens is 1. The highest BCUT2D eigenvalue weighted by atomic mass is 127. The van der Waals surface area contributed by atoms with Crippen molar-refractivity contribution in [3.8, 4) is 11.3 Å². The molecular weight excluding hydrogens is 444 g/mol. The molecule has 1 aromatic carbocycles. The lowest BCUT2D eigenvalue weighted by atomic mass is 10.1. The van der Waals surface area contributed by atoms with E-state index in [0.717, 1.165) is 16.8 Å². The molecule has 0 bridgehead atoms. The van der Waals surface area contributed by atoms with Crippen LogP contribution >= 0.6 is 24.0 Å². The minimum absolute atomic E-state index is 0. The molecule has 0 unspecified atom stereocenters. The Balaban J connectivity index is 0.00000312. The van der Waals surface area contributed by atoms with Gasteiger partial charge in [-0.25, -0.2) is 0 Å². The molecule has 0 aliphatic heterocycles. The Labute approximate surface area is 162 Å². The topological polar surface area (TPSA) is 49.3 Å². The van der Waals surface area contributed by atoms with Gasteiger partial charge in [0.2, 0.25) is 0 Å². The number of benzene rings is 1. The lowest BCUT2D eigenvalue weighted by Crippen LogP contribution is -2.38. The maximum absolute atomic E-state index is 12.2. The molecule has 4 nitrogen and oxygen atoms in total. The van der Waals surface area contributed by atoms with Crippen molar-refractivity contribution in [2.75, 3.05) is 13.6 Å². The van der Waals surface area contributed by atoms with E-state index in [0.29, 0.717) is 12.5 Å². The number of rotatable bonds is 5. The highest BCUT2D eigenvalue weighted by molar-refractivity contribution is 14.0. The average molecular weight is 464 g/mol. The fourth-order valence-corrected chi connectivity index (χ4v) is 2.10. The number of nitrogens with one attached hydrogen (secondary N) is 2. The second-order valence-electron chi connectivity index (χ2n) is 5.13. The predicted octanol–water partition coefficient (Wildman–Crippen LogP) is 3.98. The van der Waals surface area contributed by atoms with Crippen LogP contribution in [0.2, 0.25) is 0 Å². The molecule has 0 spiro atoms. The van der Waals surface area contributed by atoms with Crippen LogP contribution in [0.4, 0.5) is 13.2 Å². The first-order chi connectivity index (χ1) is 11.5. The van der Waals surface area contributed by atoms with Crippen molar-refractivity contribution in [3.63, 3.8) is 0 Å². The number of aliphatic imine (C=N–C) groups is 1. The minimum atomic E-state index is -4.18. The largest absolute Gasteiger partial charge is 0.390 e. The molecule has 8 heteroatoms. The fourth-order valence-electron chi connectivity index (χ4n) is 2.10. The van der Waals surface area contributed by atoms with Gasteiger partial charge in [0.05, 0.1) is 12.1 Å². The van der Waals surface area contributed by atoms with E-state index in [-0.39, 0.29) is 30.5 Å². The zero-order valence-electron chi connectivity index (χ0n) is 13.7. The molecule has 136 valence electrons. The van der Waals surface area contributed by atoms with Crippen LogP contribution in [0.15, 0.2) is 53.7 Å². The summed E-state index contributed by atoms with van der Waals surface area (Å²) in [6.07, 6.45) is -3.35. The quantitative estimate of drug-likeness (QED) is 0.400. The third kappa shape index (κ3) is 7.72. The molecule has 0 amide bonds. The first-order valence-electron chi connectivity index (χ1n) is 7.49. The van der Waals surface area contributed by atoms with Crippen molar-refractivity contribution in [1.29, 1.82) is 0 Å². The van der Waals surface area contributed by atoms with Gasteiger partial charge in [0.1, 0.15) is 0 Å². The van der Waals surface area contributed by atoms with Gasteiger partial charge < -0.3 is 10.6 Å². The number of guanidine groups is 1. The summed E-state index contributed by atoms with van der Waals surface area (Å²) in [7, 11) is 1.52. The van der Waals surface area contributed by atoms with Crippen LogP contribution < -0.4 is 10.6 Å². The molecule has 1 aromatic heterocycles. The van der Waals surface area contributed by atoms with Crippen LogP contribution in [0, 0.1) is 0 Å². The maximum Gasteiger partial charge on any atom is 0.390 e. The molecule has 0 aliphatic rings. The van der Waals surface area contributed by atoms with E-state index >= 15 is 0 Å². The normalized spacial score (nSPS) is 11.6. The third-order valence-electron chi connectivity index (χ3n) is 3.27. The molecule has 0 aliphatic carbocycles. The van der Waals surface area contributed by atoms with Crippen molar-refractivity contribution >= 4 is 29.9 Å². The van der Waals surface area contributed by atoms with Gasteiger partial charge >= 0.3 is 6.18 Å². The lowest BCUT2D eigenvalue weighted by molar-refractivity contribution is -0.132. The Kier molecular flexibility index (Phi) is 8.67. The number of pyridine rings is 1. The predicted molar refractivity (Wildman–Crippen MR) is 104 cm³/mol. The summed E-state index contributed by atoms with van der Waals surface area (Å²) in [5.41, 5.74) is 2.83. The summed E-state index contributed by atoms with van der Waals surface area (Å²) in [6, 6.07) is 13.5. The van der Waals surface area contributed by atoms with E-state index in [9.17, 15) is 13.2 Å². The number of hydrogen-bond acceptors (Lipinski definition) is 2. The SMILES string of the molecule is CN=C(NCCC(F)(F)F)NCc1cccc(-c2ccccn2)c1.I. The van der Waals surface area contributed by atoms with Crippen molar-refractivity contribution in [1.82, 2.24) is 15.6 Å². The summed E-state index contributed by atoms with van der Waals surface area (Å²) >= 11 is 0. The van der Waals surface area contributed by atoms with Gasteiger partial charge in [0.15, 0.2) is 5.96 Å². The van der Waals surface area contributed by atoms with Crippen LogP contribution in [0.5, 0.6) is 0 Å². The molecule has 1 heterocycles. The molecule has 0 saturated carbocycles. The Bertz CT molecular complexity index is 675. The number of hydrogen-bond donors (Lipinski definition) is 2.